The number of nitrogens with zero attached hydrogens (tertiary/aromatic N) is 3. The quantitative estimate of drug-likeness (QED) is 0.538. The molecule has 0 fully saturated rings. The fourth-order valence-electron chi connectivity index (χ4n) is 2.95. The number of fused-ring (bicyclic) bond motifs is 4. The van der Waals surface area contributed by atoms with E-state index in [0.717, 1.165) is 17.7 Å². The van der Waals surface area contributed by atoms with Gasteiger partial charge in [-0.3, -0.25) is 19.3 Å². The zero-order valence-corrected chi connectivity index (χ0v) is 13.6. The first-order valence-corrected chi connectivity index (χ1v) is 8.25. The van der Waals surface area contributed by atoms with Crippen molar-refractivity contribution in [3.05, 3.63) is 69.3 Å². The van der Waals surface area contributed by atoms with Crippen LogP contribution in [0.4, 0.5) is 0 Å². The van der Waals surface area contributed by atoms with Gasteiger partial charge in [0.15, 0.2) is 5.82 Å². The molecular formula is C17H11N5O2S. The highest BCUT2D eigenvalue weighted by Crippen LogP contribution is 2.27. The third kappa shape index (κ3) is 2.34. The monoisotopic (exact) mass is 349 g/mol. The summed E-state index contributed by atoms with van der Waals surface area (Å²) in [5, 5.41) is 14.8. The average Bonchev–Trinajstić information content (AvgIpc) is 2.92. The Labute approximate surface area is 146 Å². The second kappa shape index (κ2) is 5.82. The standard InChI is InChI=1S/C17H11N5O2S/c18-7-9-2-4-14-12(5-9)15(23)16-21-13-3-1-10(8-20-25-19)6-11(13)17(24)22(14)16/h1-6,20H,8,19H2. The molecule has 25 heavy (non-hydrogen) atoms. The normalized spacial score (nSPS) is 12.1. The Bertz CT molecular complexity index is 1150. The number of benzene rings is 2. The first kappa shape index (κ1) is 15.5. The van der Waals surface area contributed by atoms with Crippen molar-refractivity contribution >= 4 is 28.8 Å². The van der Waals surface area contributed by atoms with Crippen molar-refractivity contribution in [3.8, 4) is 11.8 Å². The molecule has 0 spiro atoms. The largest absolute Gasteiger partial charge is 0.285 e. The second-order valence-corrected chi connectivity index (χ2v) is 6.06. The van der Waals surface area contributed by atoms with Crippen LogP contribution >= 0.6 is 12.1 Å². The van der Waals surface area contributed by atoms with Gasteiger partial charge in [0.25, 0.3) is 5.56 Å². The fraction of sp³-hybridized carbons (Fsp3) is 0.0588. The Hall–Kier alpha value is -2.99. The van der Waals surface area contributed by atoms with Crippen LogP contribution in [0.25, 0.3) is 16.6 Å². The Balaban J connectivity index is 1.97. The summed E-state index contributed by atoms with van der Waals surface area (Å²) in [4.78, 5) is 29.9. The summed E-state index contributed by atoms with van der Waals surface area (Å²) in [6.07, 6.45) is 0. The molecule has 4 rings (SSSR count). The van der Waals surface area contributed by atoms with E-state index in [1.165, 1.54) is 10.6 Å². The van der Waals surface area contributed by atoms with E-state index >= 15 is 0 Å². The molecule has 3 N–H and O–H groups in total. The number of hydrogen-bond donors (Lipinski definition) is 2. The second-order valence-electron chi connectivity index (χ2n) is 5.54. The minimum Gasteiger partial charge on any atom is -0.285 e. The van der Waals surface area contributed by atoms with E-state index in [1.807, 2.05) is 12.1 Å². The molecular weight excluding hydrogens is 338 g/mol. The molecule has 8 heteroatoms. The van der Waals surface area contributed by atoms with Crippen molar-refractivity contribution < 1.29 is 4.79 Å². The Morgan fingerprint density at radius 3 is 2.84 bits per heavy atom. The van der Waals surface area contributed by atoms with Gasteiger partial charge in [0.05, 0.1) is 33.8 Å². The number of rotatable bonds is 3. The van der Waals surface area contributed by atoms with Gasteiger partial charge in [-0.25, -0.2) is 9.71 Å². The van der Waals surface area contributed by atoms with E-state index in [2.05, 4.69) is 9.71 Å². The summed E-state index contributed by atoms with van der Waals surface area (Å²) in [5.41, 5.74) is 2.18. The lowest BCUT2D eigenvalue weighted by Crippen LogP contribution is -2.21. The van der Waals surface area contributed by atoms with Gasteiger partial charge in [-0.15, -0.1) is 0 Å². The molecule has 0 amide bonds. The number of aromatic nitrogens is 2. The Morgan fingerprint density at radius 1 is 1.24 bits per heavy atom. The molecule has 2 aromatic carbocycles. The third-order valence-electron chi connectivity index (χ3n) is 4.11. The van der Waals surface area contributed by atoms with Gasteiger partial charge in [0.2, 0.25) is 5.78 Å². The van der Waals surface area contributed by atoms with Gasteiger partial charge in [-0.05, 0) is 35.9 Å². The van der Waals surface area contributed by atoms with Crippen LogP contribution in [0, 0.1) is 11.3 Å². The van der Waals surface area contributed by atoms with Crippen LogP contribution in [0.1, 0.15) is 27.3 Å². The molecule has 7 nitrogen and oxygen atoms in total. The van der Waals surface area contributed by atoms with E-state index in [4.69, 9.17) is 10.4 Å². The molecule has 1 aromatic heterocycles. The SMILES string of the molecule is N#Cc1ccc2c(c1)C(=O)c1nc3ccc(CNSN)cc3c(=O)n1-2. The van der Waals surface area contributed by atoms with Gasteiger partial charge >= 0.3 is 0 Å². The van der Waals surface area contributed by atoms with Gasteiger partial charge in [-0.1, -0.05) is 6.07 Å². The fourth-order valence-corrected chi connectivity index (χ4v) is 3.20. The van der Waals surface area contributed by atoms with Gasteiger partial charge in [0.1, 0.15) is 0 Å². The number of nitriles is 1. The van der Waals surface area contributed by atoms with E-state index in [0.29, 0.717) is 34.3 Å². The smallest absolute Gasteiger partial charge is 0.266 e. The molecule has 0 unspecified atom stereocenters. The van der Waals surface area contributed by atoms with Gasteiger partial charge in [0, 0.05) is 18.7 Å². The van der Waals surface area contributed by atoms with Crippen molar-refractivity contribution in [1.29, 1.82) is 5.26 Å². The highest BCUT2D eigenvalue weighted by molar-refractivity contribution is 7.95. The summed E-state index contributed by atoms with van der Waals surface area (Å²) in [5.74, 6) is -0.276. The number of hydrogen-bond acceptors (Lipinski definition) is 7. The zero-order chi connectivity index (χ0) is 17.6. The van der Waals surface area contributed by atoms with E-state index < -0.39 is 0 Å². The van der Waals surface area contributed by atoms with E-state index in [1.54, 1.807) is 24.3 Å². The van der Waals surface area contributed by atoms with Crippen LogP contribution < -0.4 is 15.4 Å². The first-order chi connectivity index (χ1) is 12.1. The van der Waals surface area contributed by atoms with E-state index in [9.17, 15) is 9.59 Å². The lowest BCUT2D eigenvalue weighted by molar-refractivity contribution is 0.103. The third-order valence-corrected chi connectivity index (χ3v) is 4.42. The van der Waals surface area contributed by atoms with Crippen LogP contribution in [0.3, 0.4) is 0 Å². The summed E-state index contributed by atoms with van der Waals surface area (Å²) in [6, 6.07) is 12.0. The van der Waals surface area contributed by atoms with Crippen molar-refractivity contribution in [2.45, 2.75) is 6.54 Å². The average molecular weight is 349 g/mol. The number of nitrogens with one attached hydrogen (secondary N) is 1. The summed E-state index contributed by atoms with van der Waals surface area (Å²) in [6.45, 7) is 0.499. The van der Waals surface area contributed by atoms with Crippen molar-refractivity contribution in [1.82, 2.24) is 14.3 Å². The maximum Gasteiger partial charge on any atom is 0.266 e. The topological polar surface area (TPSA) is 114 Å². The lowest BCUT2D eigenvalue weighted by atomic mass is 10.1. The minimum atomic E-state index is -0.351. The van der Waals surface area contributed by atoms with Gasteiger partial charge < -0.3 is 0 Å². The zero-order valence-electron chi connectivity index (χ0n) is 12.8. The molecule has 0 radical (unpaired) electrons. The van der Waals surface area contributed by atoms with Crippen molar-refractivity contribution in [2.75, 3.05) is 0 Å². The first-order valence-electron chi connectivity index (χ1n) is 7.37. The Morgan fingerprint density at radius 2 is 2.08 bits per heavy atom. The van der Waals surface area contributed by atoms with E-state index in [-0.39, 0.29) is 17.2 Å². The molecule has 0 atom stereocenters. The summed E-state index contributed by atoms with van der Waals surface area (Å²) >= 11 is 1.00. The number of nitrogens with two attached hydrogens (primary N) is 1. The van der Waals surface area contributed by atoms with Crippen LogP contribution in [-0.2, 0) is 6.54 Å². The molecule has 0 saturated carbocycles. The predicted molar refractivity (Wildman–Crippen MR) is 94.1 cm³/mol. The van der Waals surface area contributed by atoms with Crippen LogP contribution in [-0.4, -0.2) is 15.3 Å². The molecule has 1 aliphatic heterocycles. The molecule has 0 aliphatic carbocycles. The number of ketones is 1. The molecule has 0 bridgehead atoms. The lowest BCUT2D eigenvalue weighted by Gasteiger charge is -2.07. The highest BCUT2D eigenvalue weighted by atomic mass is 32.2. The maximum atomic E-state index is 13.0. The Kier molecular flexibility index (Phi) is 3.62. The summed E-state index contributed by atoms with van der Waals surface area (Å²) in [7, 11) is 0. The molecule has 1 aliphatic rings. The van der Waals surface area contributed by atoms with Crippen LogP contribution in [0.2, 0.25) is 0 Å². The molecule has 3 aromatic rings. The number of carbonyl (C=O) groups is 1. The van der Waals surface area contributed by atoms with Crippen molar-refractivity contribution in [2.24, 2.45) is 5.14 Å². The predicted octanol–water partition coefficient (Wildman–Crippen LogP) is 1.41. The maximum absolute atomic E-state index is 13.0. The van der Waals surface area contributed by atoms with Crippen molar-refractivity contribution in [3.63, 3.8) is 0 Å². The number of carbonyl (C=O) groups excluding carboxylic acids is 1. The minimum absolute atomic E-state index is 0.0750. The van der Waals surface area contributed by atoms with Crippen LogP contribution in [0.15, 0.2) is 41.2 Å². The molecule has 2 heterocycles. The van der Waals surface area contributed by atoms with Gasteiger partial charge in [-0.2, -0.15) is 5.26 Å². The molecule has 0 saturated heterocycles. The highest BCUT2D eigenvalue weighted by Gasteiger charge is 2.30. The molecule has 122 valence electrons. The van der Waals surface area contributed by atoms with Crippen LogP contribution in [0.5, 0.6) is 0 Å². The summed E-state index contributed by atoms with van der Waals surface area (Å²) < 4.78 is 4.23.